The first kappa shape index (κ1) is 13.6. The van der Waals surface area contributed by atoms with Crippen LogP contribution in [0.15, 0.2) is 10.9 Å². The normalized spacial score (nSPS) is 22.1. The summed E-state index contributed by atoms with van der Waals surface area (Å²) in [4.78, 5) is 21.7. The van der Waals surface area contributed by atoms with Crippen LogP contribution < -0.4 is 15.8 Å². The molecule has 0 radical (unpaired) electrons. The Morgan fingerprint density at radius 3 is 2.90 bits per heavy atom. The fraction of sp³-hybridized carbons (Fsp3) is 0.733. The number of hydrogen-bond acceptors (Lipinski definition) is 4. The van der Waals surface area contributed by atoms with Crippen molar-refractivity contribution in [1.29, 1.82) is 0 Å². The molecule has 0 aromatic carbocycles. The molecule has 1 aliphatic heterocycles. The molecule has 1 aromatic rings. The molecule has 0 unspecified atom stereocenters. The zero-order chi connectivity index (χ0) is 14.0. The van der Waals surface area contributed by atoms with Gasteiger partial charge < -0.3 is 15.2 Å². The van der Waals surface area contributed by atoms with Crippen LogP contribution in [0.3, 0.4) is 0 Å². The monoisotopic (exact) mass is 276 g/mol. The average Bonchev–Trinajstić information content (AvgIpc) is 2.48. The minimum absolute atomic E-state index is 0.0312. The second-order valence-corrected chi connectivity index (χ2v) is 6.02. The molecular weight excluding hydrogens is 252 g/mol. The SMILES string of the molecule is CCc1nc(N2CCNCC23CCCCC3)cc(=O)[nH]1. The Hall–Kier alpha value is -1.36. The second kappa shape index (κ2) is 5.56. The lowest BCUT2D eigenvalue weighted by atomic mass is 9.79. The summed E-state index contributed by atoms with van der Waals surface area (Å²) in [5.41, 5.74) is 0.138. The summed E-state index contributed by atoms with van der Waals surface area (Å²) < 4.78 is 0. The Morgan fingerprint density at radius 1 is 1.35 bits per heavy atom. The van der Waals surface area contributed by atoms with E-state index in [2.05, 4.69) is 20.2 Å². The molecule has 1 aromatic heterocycles. The van der Waals surface area contributed by atoms with Crippen molar-refractivity contribution in [2.24, 2.45) is 0 Å². The van der Waals surface area contributed by atoms with Gasteiger partial charge in [-0.25, -0.2) is 4.98 Å². The summed E-state index contributed by atoms with van der Waals surface area (Å²) in [7, 11) is 0. The first-order chi connectivity index (χ1) is 9.73. The van der Waals surface area contributed by atoms with E-state index in [-0.39, 0.29) is 11.1 Å². The first-order valence-corrected chi connectivity index (χ1v) is 7.82. The molecule has 0 amide bonds. The molecule has 5 nitrogen and oxygen atoms in total. The van der Waals surface area contributed by atoms with Crippen LogP contribution in [0.4, 0.5) is 5.82 Å². The van der Waals surface area contributed by atoms with Crippen LogP contribution in [-0.4, -0.2) is 35.1 Å². The topological polar surface area (TPSA) is 61.0 Å². The number of aryl methyl sites for hydroxylation is 1. The molecule has 2 aliphatic rings. The molecule has 2 heterocycles. The largest absolute Gasteiger partial charge is 0.348 e. The van der Waals surface area contributed by atoms with Gasteiger partial charge in [0.2, 0.25) is 0 Å². The highest BCUT2D eigenvalue weighted by Crippen LogP contribution is 2.36. The highest BCUT2D eigenvalue weighted by Gasteiger charge is 2.40. The lowest BCUT2D eigenvalue weighted by molar-refractivity contribution is 0.239. The van der Waals surface area contributed by atoms with Crippen molar-refractivity contribution < 1.29 is 0 Å². The van der Waals surface area contributed by atoms with Gasteiger partial charge in [-0.3, -0.25) is 4.79 Å². The maximum Gasteiger partial charge on any atom is 0.252 e. The van der Waals surface area contributed by atoms with Gasteiger partial charge >= 0.3 is 0 Å². The van der Waals surface area contributed by atoms with Crippen LogP contribution in [0.2, 0.25) is 0 Å². The zero-order valence-electron chi connectivity index (χ0n) is 12.2. The van der Waals surface area contributed by atoms with Gasteiger partial charge in [0.15, 0.2) is 0 Å². The molecule has 1 spiro atoms. The summed E-state index contributed by atoms with van der Waals surface area (Å²) in [6.45, 7) is 4.95. The highest BCUT2D eigenvalue weighted by atomic mass is 16.1. The summed E-state index contributed by atoms with van der Waals surface area (Å²) in [6, 6.07) is 1.67. The van der Waals surface area contributed by atoms with Crippen molar-refractivity contribution in [3.8, 4) is 0 Å². The van der Waals surface area contributed by atoms with Crippen molar-refractivity contribution in [2.75, 3.05) is 24.5 Å². The Kier molecular flexibility index (Phi) is 3.78. The maximum absolute atomic E-state index is 11.8. The Morgan fingerprint density at radius 2 is 2.15 bits per heavy atom. The molecule has 2 fully saturated rings. The molecule has 5 heteroatoms. The summed E-state index contributed by atoms with van der Waals surface area (Å²) in [5, 5.41) is 3.53. The standard InChI is InChI=1S/C15H24N4O/c1-2-12-17-13(10-14(20)18-12)19-9-8-16-11-15(19)6-4-3-5-7-15/h10,16H,2-9,11H2,1H3,(H,17,18,20). The molecule has 3 rings (SSSR count). The lowest BCUT2D eigenvalue weighted by Gasteiger charge is -2.50. The number of hydrogen-bond donors (Lipinski definition) is 2. The smallest absolute Gasteiger partial charge is 0.252 e. The van der Waals surface area contributed by atoms with Crippen molar-refractivity contribution in [3.05, 3.63) is 22.2 Å². The number of aromatic amines is 1. The average molecular weight is 276 g/mol. The van der Waals surface area contributed by atoms with Gasteiger partial charge in [-0.1, -0.05) is 26.2 Å². The quantitative estimate of drug-likeness (QED) is 0.858. The molecule has 1 aliphatic carbocycles. The molecule has 20 heavy (non-hydrogen) atoms. The Labute approximate surface area is 119 Å². The van der Waals surface area contributed by atoms with E-state index in [1.54, 1.807) is 6.07 Å². The minimum Gasteiger partial charge on any atom is -0.348 e. The molecule has 110 valence electrons. The maximum atomic E-state index is 11.8. The van der Waals surface area contributed by atoms with Gasteiger partial charge in [0.25, 0.3) is 5.56 Å². The molecule has 0 bridgehead atoms. The van der Waals surface area contributed by atoms with Gasteiger partial charge in [-0.15, -0.1) is 0 Å². The number of rotatable bonds is 2. The zero-order valence-corrected chi connectivity index (χ0v) is 12.2. The highest BCUT2D eigenvalue weighted by molar-refractivity contribution is 5.43. The summed E-state index contributed by atoms with van der Waals surface area (Å²) in [6.07, 6.45) is 7.07. The van der Waals surface area contributed by atoms with Gasteiger partial charge in [0.1, 0.15) is 11.6 Å². The second-order valence-electron chi connectivity index (χ2n) is 6.02. The third-order valence-electron chi connectivity index (χ3n) is 4.71. The third kappa shape index (κ3) is 2.46. The van der Waals surface area contributed by atoms with Gasteiger partial charge in [0.05, 0.1) is 5.54 Å². The third-order valence-corrected chi connectivity index (χ3v) is 4.71. The van der Waals surface area contributed by atoms with Crippen molar-refractivity contribution in [1.82, 2.24) is 15.3 Å². The fourth-order valence-corrected chi connectivity index (χ4v) is 3.66. The molecule has 2 N–H and O–H groups in total. The van der Waals surface area contributed by atoms with E-state index in [4.69, 9.17) is 0 Å². The number of nitrogens with one attached hydrogen (secondary N) is 2. The van der Waals surface area contributed by atoms with E-state index >= 15 is 0 Å². The lowest BCUT2D eigenvalue weighted by Crippen LogP contribution is -2.62. The molecule has 0 atom stereocenters. The van der Waals surface area contributed by atoms with E-state index in [0.29, 0.717) is 0 Å². The minimum atomic E-state index is -0.0312. The van der Waals surface area contributed by atoms with Gasteiger partial charge in [-0.05, 0) is 12.8 Å². The van der Waals surface area contributed by atoms with E-state index < -0.39 is 0 Å². The Bertz CT molecular complexity index is 511. The van der Waals surface area contributed by atoms with Crippen molar-refractivity contribution in [3.63, 3.8) is 0 Å². The first-order valence-electron chi connectivity index (χ1n) is 7.82. The predicted octanol–water partition coefficient (Wildman–Crippen LogP) is 1.44. The van der Waals surface area contributed by atoms with Crippen LogP contribution in [-0.2, 0) is 6.42 Å². The van der Waals surface area contributed by atoms with Crippen molar-refractivity contribution in [2.45, 2.75) is 51.0 Å². The van der Waals surface area contributed by atoms with E-state index in [1.807, 2.05) is 6.92 Å². The van der Waals surface area contributed by atoms with Crippen LogP contribution in [0.5, 0.6) is 0 Å². The van der Waals surface area contributed by atoms with E-state index in [9.17, 15) is 4.79 Å². The number of aromatic nitrogens is 2. The van der Waals surface area contributed by atoms with Crippen LogP contribution >= 0.6 is 0 Å². The summed E-state index contributed by atoms with van der Waals surface area (Å²) >= 11 is 0. The molecular formula is C15H24N4O. The van der Waals surface area contributed by atoms with Gasteiger partial charge in [0, 0.05) is 32.1 Å². The van der Waals surface area contributed by atoms with E-state index in [0.717, 1.165) is 37.7 Å². The molecule has 1 saturated carbocycles. The van der Waals surface area contributed by atoms with Crippen LogP contribution in [0.1, 0.15) is 44.9 Å². The van der Waals surface area contributed by atoms with Crippen molar-refractivity contribution >= 4 is 5.82 Å². The number of anilines is 1. The number of piperazine rings is 1. The van der Waals surface area contributed by atoms with Crippen LogP contribution in [0.25, 0.3) is 0 Å². The van der Waals surface area contributed by atoms with E-state index in [1.165, 1.54) is 32.1 Å². The fourth-order valence-electron chi connectivity index (χ4n) is 3.66. The number of nitrogens with zero attached hydrogens (tertiary/aromatic N) is 2. The van der Waals surface area contributed by atoms with Gasteiger partial charge in [-0.2, -0.15) is 0 Å². The van der Waals surface area contributed by atoms with Crippen LogP contribution in [0, 0.1) is 0 Å². The summed E-state index contributed by atoms with van der Waals surface area (Å²) in [5.74, 6) is 1.66. The Balaban J connectivity index is 1.97. The number of H-pyrrole nitrogens is 1. The molecule has 1 saturated heterocycles. The predicted molar refractivity (Wildman–Crippen MR) is 80.3 cm³/mol.